The van der Waals surface area contributed by atoms with Crippen molar-refractivity contribution >= 4 is 17.7 Å². The van der Waals surface area contributed by atoms with E-state index < -0.39 is 0 Å². The van der Waals surface area contributed by atoms with E-state index in [9.17, 15) is 4.79 Å². The number of carbonyl (C=O) groups excluding carboxylic acids is 1. The first-order valence-corrected chi connectivity index (χ1v) is 9.83. The van der Waals surface area contributed by atoms with Gasteiger partial charge in [0.15, 0.2) is 0 Å². The highest BCUT2D eigenvalue weighted by molar-refractivity contribution is 7.99. The van der Waals surface area contributed by atoms with E-state index in [1.807, 2.05) is 56.3 Å². The fraction of sp³-hybridized carbons (Fsp3) is 0.300. The highest BCUT2D eigenvalue weighted by atomic mass is 32.2. The number of tetrazole rings is 1. The Morgan fingerprint density at radius 1 is 1.14 bits per heavy atom. The lowest BCUT2D eigenvalue weighted by Crippen LogP contribution is -2.28. The van der Waals surface area contributed by atoms with Gasteiger partial charge in [-0.15, -0.1) is 5.10 Å². The van der Waals surface area contributed by atoms with E-state index in [4.69, 9.17) is 4.74 Å². The highest BCUT2D eigenvalue weighted by Gasteiger charge is 2.17. The van der Waals surface area contributed by atoms with Crippen LogP contribution in [-0.4, -0.2) is 50.9 Å². The van der Waals surface area contributed by atoms with Crippen molar-refractivity contribution in [3.63, 3.8) is 0 Å². The van der Waals surface area contributed by atoms with E-state index in [-0.39, 0.29) is 11.7 Å². The summed E-state index contributed by atoms with van der Waals surface area (Å²) in [5, 5.41) is 12.6. The lowest BCUT2D eigenvalue weighted by molar-refractivity contribution is -0.127. The van der Waals surface area contributed by atoms with Crippen LogP contribution in [0.4, 0.5) is 0 Å². The molecule has 1 heterocycles. The number of nitrogens with zero attached hydrogens (tertiary/aromatic N) is 5. The monoisotopic (exact) mass is 397 g/mol. The Kier molecular flexibility index (Phi) is 6.30. The van der Waals surface area contributed by atoms with Crippen molar-refractivity contribution < 1.29 is 9.53 Å². The van der Waals surface area contributed by atoms with Crippen LogP contribution < -0.4 is 4.74 Å². The first kappa shape index (κ1) is 19.9. The Morgan fingerprint density at radius 2 is 1.86 bits per heavy atom. The zero-order valence-electron chi connectivity index (χ0n) is 16.4. The van der Waals surface area contributed by atoms with Gasteiger partial charge in [0.25, 0.3) is 0 Å². The number of thioether (sulfide) groups is 1. The fourth-order valence-electron chi connectivity index (χ4n) is 2.96. The third kappa shape index (κ3) is 4.33. The molecule has 1 amide bonds. The molecule has 0 aliphatic rings. The van der Waals surface area contributed by atoms with Gasteiger partial charge in [0, 0.05) is 19.2 Å². The first-order chi connectivity index (χ1) is 13.5. The quantitative estimate of drug-likeness (QED) is 0.571. The van der Waals surface area contributed by atoms with E-state index in [0.717, 1.165) is 28.1 Å². The third-order valence-electron chi connectivity index (χ3n) is 4.44. The molecular formula is C20H23N5O2S. The number of methoxy groups -OCH3 is 1. The van der Waals surface area contributed by atoms with Gasteiger partial charge in [-0.05, 0) is 41.5 Å². The van der Waals surface area contributed by atoms with Crippen LogP contribution in [0.3, 0.4) is 0 Å². The first-order valence-electron chi connectivity index (χ1n) is 8.85. The average Bonchev–Trinajstić information content (AvgIpc) is 3.14. The van der Waals surface area contributed by atoms with E-state index in [2.05, 4.69) is 15.5 Å². The van der Waals surface area contributed by atoms with Gasteiger partial charge in [-0.1, -0.05) is 48.2 Å². The van der Waals surface area contributed by atoms with E-state index in [0.29, 0.717) is 11.7 Å². The molecule has 0 saturated heterocycles. The van der Waals surface area contributed by atoms with E-state index >= 15 is 0 Å². The Morgan fingerprint density at radius 3 is 2.57 bits per heavy atom. The van der Waals surface area contributed by atoms with Crippen molar-refractivity contribution in [3.05, 3.63) is 59.2 Å². The maximum absolute atomic E-state index is 12.6. The number of aromatic nitrogens is 4. The number of aryl methyl sites for hydroxylation is 2. The molecule has 0 spiro atoms. The predicted molar refractivity (Wildman–Crippen MR) is 109 cm³/mol. The molecule has 3 rings (SSSR count). The topological polar surface area (TPSA) is 73.1 Å². The number of benzene rings is 2. The van der Waals surface area contributed by atoms with Gasteiger partial charge in [-0.2, -0.15) is 4.68 Å². The van der Waals surface area contributed by atoms with Gasteiger partial charge in [0.2, 0.25) is 11.1 Å². The largest absolute Gasteiger partial charge is 0.496 e. The normalized spacial score (nSPS) is 10.7. The maximum atomic E-state index is 12.6. The molecule has 146 valence electrons. The van der Waals surface area contributed by atoms with Crippen molar-refractivity contribution in [1.29, 1.82) is 0 Å². The van der Waals surface area contributed by atoms with Crippen LogP contribution in [0.1, 0.15) is 16.7 Å². The second-order valence-corrected chi connectivity index (χ2v) is 7.41. The standard InChI is InChI=1S/C20H23N5O2S/c1-14-8-7-9-15(2)19(14)25-20(21-22-23-25)28-13-18(26)24(3)12-16-10-5-6-11-17(16)27-4/h5-11H,12-13H2,1-4H3. The van der Waals surface area contributed by atoms with Crippen LogP contribution in [0, 0.1) is 13.8 Å². The Balaban J connectivity index is 1.68. The van der Waals surface area contributed by atoms with E-state index in [1.165, 1.54) is 11.8 Å². The van der Waals surface area contributed by atoms with Gasteiger partial charge < -0.3 is 9.64 Å². The molecule has 0 saturated carbocycles. The second kappa shape index (κ2) is 8.88. The van der Waals surface area contributed by atoms with Crippen LogP contribution >= 0.6 is 11.8 Å². The molecule has 0 radical (unpaired) electrons. The molecule has 0 atom stereocenters. The zero-order valence-corrected chi connectivity index (χ0v) is 17.2. The Hall–Kier alpha value is -2.87. The lowest BCUT2D eigenvalue weighted by atomic mass is 10.1. The molecular weight excluding hydrogens is 374 g/mol. The van der Waals surface area contributed by atoms with Gasteiger partial charge >= 0.3 is 0 Å². The summed E-state index contributed by atoms with van der Waals surface area (Å²) in [5.41, 5.74) is 4.07. The van der Waals surface area contributed by atoms with Crippen LogP contribution in [0.5, 0.6) is 5.75 Å². The average molecular weight is 398 g/mol. The summed E-state index contributed by atoms with van der Waals surface area (Å²) in [6, 6.07) is 13.7. The molecule has 28 heavy (non-hydrogen) atoms. The van der Waals surface area contributed by atoms with Crippen LogP contribution in [0.2, 0.25) is 0 Å². The number of para-hydroxylation sites is 2. The molecule has 8 heteroatoms. The molecule has 0 aliphatic heterocycles. The molecule has 0 unspecified atom stereocenters. The molecule has 0 fully saturated rings. The molecule has 7 nitrogen and oxygen atoms in total. The second-order valence-electron chi connectivity index (χ2n) is 6.46. The van der Waals surface area contributed by atoms with Gasteiger partial charge in [-0.3, -0.25) is 4.79 Å². The predicted octanol–water partition coefficient (Wildman–Crippen LogP) is 3.04. The summed E-state index contributed by atoms with van der Waals surface area (Å²) >= 11 is 1.33. The van der Waals surface area contributed by atoms with Gasteiger partial charge in [0.1, 0.15) is 5.75 Å². The van der Waals surface area contributed by atoms with Gasteiger partial charge in [-0.25, -0.2) is 0 Å². The number of carbonyl (C=O) groups is 1. The number of rotatable bonds is 7. The van der Waals surface area contributed by atoms with Crippen molar-refractivity contribution in [1.82, 2.24) is 25.1 Å². The molecule has 0 bridgehead atoms. The lowest BCUT2D eigenvalue weighted by Gasteiger charge is -2.18. The summed E-state index contributed by atoms with van der Waals surface area (Å²) in [5.74, 6) is 1.01. The highest BCUT2D eigenvalue weighted by Crippen LogP contribution is 2.24. The molecule has 0 N–H and O–H groups in total. The summed E-state index contributed by atoms with van der Waals surface area (Å²) in [7, 11) is 3.41. The fourth-order valence-corrected chi connectivity index (χ4v) is 3.78. The summed E-state index contributed by atoms with van der Waals surface area (Å²) in [6.45, 7) is 4.51. The minimum absolute atomic E-state index is 0.00744. The minimum atomic E-state index is -0.00744. The zero-order chi connectivity index (χ0) is 20.1. The summed E-state index contributed by atoms with van der Waals surface area (Å²) in [6.07, 6.45) is 0. The smallest absolute Gasteiger partial charge is 0.233 e. The van der Waals surface area contributed by atoms with Crippen molar-refractivity contribution in [3.8, 4) is 11.4 Å². The molecule has 0 aliphatic carbocycles. The van der Waals surface area contributed by atoms with Crippen LogP contribution in [0.15, 0.2) is 47.6 Å². The number of ether oxygens (including phenoxy) is 1. The number of hydrogen-bond acceptors (Lipinski definition) is 6. The van der Waals surface area contributed by atoms with Crippen LogP contribution in [0.25, 0.3) is 5.69 Å². The molecule has 2 aromatic carbocycles. The molecule has 3 aromatic rings. The van der Waals surface area contributed by atoms with Crippen LogP contribution in [-0.2, 0) is 11.3 Å². The SMILES string of the molecule is COc1ccccc1CN(C)C(=O)CSc1nnnn1-c1c(C)cccc1C. The maximum Gasteiger partial charge on any atom is 0.233 e. The Labute approximate surface area is 168 Å². The third-order valence-corrected chi connectivity index (χ3v) is 5.35. The van der Waals surface area contributed by atoms with Crippen molar-refractivity contribution in [2.45, 2.75) is 25.5 Å². The van der Waals surface area contributed by atoms with Crippen molar-refractivity contribution in [2.24, 2.45) is 0 Å². The number of hydrogen-bond donors (Lipinski definition) is 0. The molecule has 1 aromatic heterocycles. The summed E-state index contributed by atoms with van der Waals surface area (Å²) in [4.78, 5) is 14.3. The minimum Gasteiger partial charge on any atom is -0.496 e. The Bertz CT molecular complexity index is 952. The summed E-state index contributed by atoms with van der Waals surface area (Å²) < 4.78 is 7.06. The van der Waals surface area contributed by atoms with Crippen molar-refractivity contribution in [2.75, 3.05) is 19.9 Å². The van der Waals surface area contributed by atoms with Gasteiger partial charge in [0.05, 0.1) is 18.6 Å². The number of amides is 1. The van der Waals surface area contributed by atoms with E-state index in [1.54, 1.807) is 23.7 Å².